The van der Waals surface area contributed by atoms with E-state index in [0.717, 1.165) is 16.7 Å². The predicted molar refractivity (Wildman–Crippen MR) is 81.5 cm³/mol. The molecule has 0 radical (unpaired) electrons. The molecule has 0 saturated carbocycles. The summed E-state index contributed by atoms with van der Waals surface area (Å²) >= 11 is 0. The highest BCUT2D eigenvalue weighted by Gasteiger charge is 2.15. The molecule has 0 atom stereocenters. The Labute approximate surface area is 124 Å². The molecular weight excluding hydrogens is 264 g/mol. The first kappa shape index (κ1) is 14.8. The van der Waals surface area contributed by atoms with Crippen molar-refractivity contribution in [2.45, 2.75) is 13.5 Å². The standard InChI is InChI=1S/C16H18N4O/c1-12-5-6-13(4-3-7-17)8-15(12)16(21)20(2)11-14-9-18-19-10-14/h5-6,8-10H,7,11,17H2,1-2H3,(H,18,19). The molecule has 108 valence electrons. The van der Waals surface area contributed by atoms with Gasteiger partial charge in [-0.25, -0.2) is 0 Å². The Morgan fingerprint density at radius 3 is 2.95 bits per heavy atom. The Morgan fingerprint density at radius 1 is 1.48 bits per heavy atom. The van der Waals surface area contributed by atoms with E-state index in [1.807, 2.05) is 25.1 Å². The molecule has 0 saturated heterocycles. The summed E-state index contributed by atoms with van der Waals surface area (Å²) in [5, 5.41) is 6.62. The molecule has 0 spiro atoms. The van der Waals surface area contributed by atoms with Gasteiger partial charge >= 0.3 is 0 Å². The van der Waals surface area contributed by atoms with Crippen LogP contribution in [0.2, 0.25) is 0 Å². The van der Waals surface area contributed by atoms with Gasteiger partial charge in [-0.3, -0.25) is 9.89 Å². The van der Waals surface area contributed by atoms with Crippen molar-refractivity contribution in [1.29, 1.82) is 0 Å². The van der Waals surface area contributed by atoms with E-state index in [-0.39, 0.29) is 5.91 Å². The van der Waals surface area contributed by atoms with Crippen molar-refractivity contribution in [3.05, 3.63) is 52.8 Å². The molecule has 1 aromatic heterocycles. The predicted octanol–water partition coefficient (Wildman–Crippen LogP) is 1.30. The Hall–Kier alpha value is -2.58. The fraction of sp³-hybridized carbons (Fsp3) is 0.250. The first-order valence-corrected chi connectivity index (χ1v) is 6.64. The van der Waals surface area contributed by atoms with Crippen LogP contribution in [-0.2, 0) is 6.54 Å². The Bertz CT molecular complexity index is 680. The topological polar surface area (TPSA) is 75.0 Å². The highest BCUT2D eigenvalue weighted by molar-refractivity contribution is 5.95. The number of nitrogens with zero attached hydrogens (tertiary/aromatic N) is 2. The molecule has 1 heterocycles. The lowest BCUT2D eigenvalue weighted by Crippen LogP contribution is -2.26. The highest BCUT2D eigenvalue weighted by atomic mass is 16.2. The normalized spacial score (nSPS) is 9.86. The largest absolute Gasteiger partial charge is 0.337 e. The molecule has 21 heavy (non-hydrogen) atoms. The number of rotatable bonds is 3. The summed E-state index contributed by atoms with van der Waals surface area (Å²) < 4.78 is 0. The van der Waals surface area contributed by atoms with Crippen LogP contribution in [0.25, 0.3) is 0 Å². The second-order valence-corrected chi connectivity index (χ2v) is 4.80. The van der Waals surface area contributed by atoms with E-state index < -0.39 is 0 Å². The van der Waals surface area contributed by atoms with Gasteiger partial charge in [-0.15, -0.1) is 0 Å². The molecule has 0 aliphatic rings. The third-order valence-corrected chi connectivity index (χ3v) is 3.12. The van der Waals surface area contributed by atoms with Crippen LogP contribution in [0.4, 0.5) is 0 Å². The second kappa shape index (κ2) is 6.73. The quantitative estimate of drug-likeness (QED) is 0.833. The van der Waals surface area contributed by atoms with Crippen molar-refractivity contribution in [2.75, 3.05) is 13.6 Å². The Balaban J connectivity index is 2.21. The van der Waals surface area contributed by atoms with E-state index in [9.17, 15) is 4.79 Å². The monoisotopic (exact) mass is 282 g/mol. The van der Waals surface area contributed by atoms with Crippen molar-refractivity contribution >= 4 is 5.91 Å². The van der Waals surface area contributed by atoms with Crippen LogP contribution in [-0.4, -0.2) is 34.6 Å². The van der Waals surface area contributed by atoms with Crippen LogP contribution in [0.5, 0.6) is 0 Å². The molecule has 1 amide bonds. The van der Waals surface area contributed by atoms with Crippen LogP contribution in [0.1, 0.15) is 27.0 Å². The van der Waals surface area contributed by atoms with Gasteiger partial charge in [0.1, 0.15) is 0 Å². The van der Waals surface area contributed by atoms with Gasteiger partial charge in [0.05, 0.1) is 12.7 Å². The molecule has 0 unspecified atom stereocenters. The fourth-order valence-corrected chi connectivity index (χ4v) is 2.00. The van der Waals surface area contributed by atoms with Gasteiger partial charge in [0.2, 0.25) is 0 Å². The lowest BCUT2D eigenvalue weighted by molar-refractivity contribution is 0.0784. The summed E-state index contributed by atoms with van der Waals surface area (Å²) in [7, 11) is 1.77. The average molecular weight is 282 g/mol. The molecule has 5 heteroatoms. The van der Waals surface area contributed by atoms with E-state index in [1.165, 1.54) is 0 Å². The van der Waals surface area contributed by atoms with Crippen molar-refractivity contribution in [2.24, 2.45) is 5.73 Å². The number of H-pyrrole nitrogens is 1. The van der Waals surface area contributed by atoms with E-state index in [2.05, 4.69) is 22.0 Å². The van der Waals surface area contributed by atoms with Crippen LogP contribution < -0.4 is 5.73 Å². The molecule has 2 rings (SSSR count). The average Bonchev–Trinajstić information content (AvgIpc) is 2.98. The van der Waals surface area contributed by atoms with E-state index in [0.29, 0.717) is 18.7 Å². The smallest absolute Gasteiger partial charge is 0.254 e. The summed E-state index contributed by atoms with van der Waals surface area (Å²) in [5.41, 5.74) is 8.71. The van der Waals surface area contributed by atoms with Crippen LogP contribution in [0, 0.1) is 18.8 Å². The Morgan fingerprint density at radius 2 is 2.29 bits per heavy atom. The SMILES string of the molecule is Cc1ccc(C#CCN)cc1C(=O)N(C)Cc1cn[nH]c1. The number of aromatic nitrogens is 2. The third-order valence-electron chi connectivity index (χ3n) is 3.12. The highest BCUT2D eigenvalue weighted by Crippen LogP contribution is 2.14. The maximum Gasteiger partial charge on any atom is 0.254 e. The zero-order valence-electron chi connectivity index (χ0n) is 12.2. The summed E-state index contributed by atoms with van der Waals surface area (Å²) in [5.74, 6) is 5.71. The maximum absolute atomic E-state index is 12.5. The first-order chi connectivity index (χ1) is 10.1. The van der Waals surface area contributed by atoms with Crippen molar-refractivity contribution in [1.82, 2.24) is 15.1 Å². The number of amides is 1. The number of hydrogen-bond donors (Lipinski definition) is 2. The maximum atomic E-state index is 12.5. The van der Waals surface area contributed by atoms with Gasteiger partial charge in [0, 0.05) is 36.5 Å². The fourth-order valence-electron chi connectivity index (χ4n) is 2.00. The number of aryl methyl sites for hydroxylation is 1. The lowest BCUT2D eigenvalue weighted by atomic mass is 10.0. The van der Waals surface area contributed by atoms with Crippen LogP contribution in [0.3, 0.4) is 0 Å². The summed E-state index contributed by atoms with van der Waals surface area (Å²) in [6.07, 6.45) is 3.49. The van der Waals surface area contributed by atoms with Gasteiger partial charge in [0.25, 0.3) is 5.91 Å². The summed E-state index contributed by atoms with van der Waals surface area (Å²) in [4.78, 5) is 14.2. The minimum Gasteiger partial charge on any atom is -0.337 e. The molecule has 5 nitrogen and oxygen atoms in total. The molecule has 1 aromatic carbocycles. The molecule has 0 fully saturated rings. The molecular formula is C16H18N4O. The number of benzene rings is 1. The van der Waals surface area contributed by atoms with E-state index in [4.69, 9.17) is 5.73 Å². The van der Waals surface area contributed by atoms with Gasteiger partial charge in [0.15, 0.2) is 0 Å². The zero-order valence-corrected chi connectivity index (χ0v) is 12.2. The first-order valence-electron chi connectivity index (χ1n) is 6.64. The Kier molecular flexibility index (Phi) is 4.75. The van der Waals surface area contributed by atoms with Gasteiger partial charge < -0.3 is 10.6 Å². The van der Waals surface area contributed by atoms with Crippen LogP contribution in [0.15, 0.2) is 30.6 Å². The van der Waals surface area contributed by atoms with Crippen molar-refractivity contribution in [3.8, 4) is 11.8 Å². The summed E-state index contributed by atoms with van der Waals surface area (Å²) in [6.45, 7) is 2.73. The van der Waals surface area contributed by atoms with Gasteiger partial charge in [-0.1, -0.05) is 17.9 Å². The molecule has 3 N–H and O–H groups in total. The number of aromatic amines is 1. The minimum absolute atomic E-state index is 0.0369. The number of nitrogens with two attached hydrogens (primary N) is 1. The van der Waals surface area contributed by atoms with Crippen LogP contribution >= 0.6 is 0 Å². The lowest BCUT2D eigenvalue weighted by Gasteiger charge is -2.17. The number of nitrogens with one attached hydrogen (secondary N) is 1. The molecule has 0 aliphatic carbocycles. The van der Waals surface area contributed by atoms with Crippen molar-refractivity contribution in [3.63, 3.8) is 0 Å². The number of carbonyl (C=O) groups excluding carboxylic acids is 1. The minimum atomic E-state index is -0.0369. The van der Waals surface area contributed by atoms with E-state index >= 15 is 0 Å². The zero-order chi connectivity index (χ0) is 15.2. The molecule has 2 aromatic rings. The third kappa shape index (κ3) is 3.71. The summed E-state index contributed by atoms with van der Waals surface area (Å²) in [6, 6.07) is 5.61. The van der Waals surface area contributed by atoms with Gasteiger partial charge in [-0.2, -0.15) is 5.10 Å². The molecule has 0 aliphatic heterocycles. The second-order valence-electron chi connectivity index (χ2n) is 4.80. The van der Waals surface area contributed by atoms with E-state index in [1.54, 1.807) is 24.3 Å². The number of hydrogen-bond acceptors (Lipinski definition) is 3. The molecule has 0 bridgehead atoms. The number of carbonyl (C=O) groups is 1. The van der Waals surface area contributed by atoms with Crippen molar-refractivity contribution < 1.29 is 4.79 Å². The van der Waals surface area contributed by atoms with Gasteiger partial charge in [-0.05, 0) is 24.6 Å².